The van der Waals surface area contributed by atoms with Crippen LogP contribution in [0.1, 0.15) is 20.3 Å². The fourth-order valence-corrected chi connectivity index (χ4v) is 2.19. The van der Waals surface area contributed by atoms with E-state index in [9.17, 15) is 4.79 Å². The summed E-state index contributed by atoms with van der Waals surface area (Å²) in [5, 5.41) is 7.91. The van der Waals surface area contributed by atoms with Crippen molar-refractivity contribution in [2.45, 2.75) is 44.3 Å². The molecule has 0 amide bonds. The van der Waals surface area contributed by atoms with E-state index in [4.69, 9.17) is 24.4 Å². The maximum absolute atomic E-state index is 11.2. The molecule has 1 unspecified atom stereocenters. The van der Waals surface area contributed by atoms with Gasteiger partial charge in [0.2, 0.25) is 12.2 Å². The highest BCUT2D eigenvalue weighted by molar-refractivity contribution is 14.3. The van der Waals surface area contributed by atoms with Gasteiger partial charge in [0.15, 0.2) is 5.54 Å². The van der Waals surface area contributed by atoms with Crippen LogP contribution in [0.4, 0.5) is 0 Å². The number of nitrogens with one attached hydrogen (secondary N) is 1. The standard InChI is InChI=1S/C11H16I3NO5/c1-5-7(17-3)4-8(19-6(2)16)9(18-5)20-10(15)11(12,13)14/h5,7-9,15H,4H2,1-3H3/t5-,7+,8-,9?/m1/s1. The molecular formula is C11H16I3NO5. The predicted octanol–water partition coefficient (Wildman–Crippen LogP) is 3.02. The van der Waals surface area contributed by atoms with Crippen LogP contribution in [-0.2, 0) is 23.7 Å². The van der Waals surface area contributed by atoms with E-state index < -0.39 is 17.8 Å². The Morgan fingerprint density at radius 3 is 2.35 bits per heavy atom. The van der Waals surface area contributed by atoms with Crippen molar-refractivity contribution in [1.29, 1.82) is 5.41 Å². The molecule has 0 aromatic rings. The number of esters is 1. The van der Waals surface area contributed by atoms with Crippen LogP contribution in [0.5, 0.6) is 0 Å². The average molecular weight is 623 g/mol. The molecule has 0 aromatic heterocycles. The number of hydrogen-bond acceptors (Lipinski definition) is 6. The lowest BCUT2D eigenvalue weighted by Gasteiger charge is -2.39. The van der Waals surface area contributed by atoms with E-state index in [1.54, 1.807) is 7.11 Å². The lowest BCUT2D eigenvalue weighted by molar-refractivity contribution is -0.246. The summed E-state index contributed by atoms with van der Waals surface area (Å²) < 4.78 is 21.2. The average Bonchev–Trinajstić information content (AvgIpc) is 2.30. The largest absolute Gasteiger partial charge is 0.456 e. The highest BCUT2D eigenvalue weighted by atomic mass is 127. The third-order valence-corrected chi connectivity index (χ3v) is 4.22. The van der Waals surface area contributed by atoms with Crippen LogP contribution in [0.15, 0.2) is 0 Å². The Kier molecular flexibility index (Phi) is 7.69. The number of carbonyl (C=O) groups is 1. The molecule has 0 spiro atoms. The van der Waals surface area contributed by atoms with E-state index in [0.717, 1.165) is 0 Å². The molecular weight excluding hydrogens is 607 g/mol. The summed E-state index contributed by atoms with van der Waals surface area (Å²) in [6.45, 7) is 3.20. The first kappa shape index (κ1) is 19.1. The smallest absolute Gasteiger partial charge is 0.303 e. The highest BCUT2D eigenvalue weighted by Gasteiger charge is 2.41. The molecule has 6 nitrogen and oxygen atoms in total. The Morgan fingerprint density at radius 2 is 1.90 bits per heavy atom. The molecule has 0 radical (unpaired) electrons. The van der Waals surface area contributed by atoms with Crippen LogP contribution in [-0.4, -0.2) is 43.0 Å². The normalized spacial score (nSPS) is 30.7. The molecule has 0 bridgehead atoms. The Bertz CT molecular complexity index is 374. The number of carbonyl (C=O) groups excluding carboxylic acids is 1. The highest BCUT2D eigenvalue weighted by Crippen LogP contribution is 2.38. The van der Waals surface area contributed by atoms with Crippen molar-refractivity contribution in [1.82, 2.24) is 0 Å². The molecule has 1 N–H and O–H groups in total. The molecule has 1 aliphatic rings. The number of alkyl halides is 3. The molecule has 1 heterocycles. The van der Waals surface area contributed by atoms with Gasteiger partial charge in [-0.3, -0.25) is 10.2 Å². The van der Waals surface area contributed by atoms with Gasteiger partial charge in [-0.1, -0.05) is 0 Å². The minimum Gasteiger partial charge on any atom is -0.456 e. The molecule has 1 saturated heterocycles. The van der Waals surface area contributed by atoms with Crippen LogP contribution < -0.4 is 0 Å². The lowest BCUT2D eigenvalue weighted by atomic mass is 10.0. The van der Waals surface area contributed by atoms with Crippen molar-refractivity contribution in [2.75, 3.05) is 7.11 Å². The minimum absolute atomic E-state index is 0.0597. The first-order valence-corrected chi connectivity index (χ1v) is 9.06. The molecule has 116 valence electrons. The van der Waals surface area contributed by atoms with E-state index in [1.165, 1.54) is 6.92 Å². The molecule has 0 aromatic carbocycles. The van der Waals surface area contributed by atoms with Crippen LogP contribution >= 0.6 is 67.8 Å². The van der Waals surface area contributed by atoms with Crippen LogP contribution in [0.25, 0.3) is 0 Å². The summed E-state index contributed by atoms with van der Waals surface area (Å²) in [5.74, 6) is -0.350. The van der Waals surface area contributed by atoms with Crippen molar-refractivity contribution in [3.8, 4) is 0 Å². The van der Waals surface area contributed by atoms with E-state index in [-0.39, 0.29) is 18.1 Å². The van der Waals surface area contributed by atoms with E-state index >= 15 is 0 Å². The molecule has 20 heavy (non-hydrogen) atoms. The molecule has 9 heteroatoms. The SMILES string of the molecule is CO[C@H]1C[C@@H](OC(C)=O)C(OC(=N)C(I)(I)I)O[C@@H]1C. The fourth-order valence-electron chi connectivity index (χ4n) is 1.81. The van der Waals surface area contributed by atoms with Crippen LogP contribution in [0.2, 0.25) is 0 Å². The molecule has 0 saturated carbocycles. The molecule has 0 aliphatic carbocycles. The van der Waals surface area contributed by atoms with Gasteiger partial charge in [-0.05, 0) is 74.7 Å². The summed E-state index contributed by atoms with van der Waals surface area (Å²) in [7, 11) is 1.59. The summed E-state index contributed by atoms with van der Waals surface area (Å²) in [4.78, 5) is 11.2. The van der Waals surface area contributed by atoms with Gasteiger partial charge in [0.25, 0.3) is 0 Å². The maximum atomic E-state index is 11.2. The first-order chi connectivity index (χ1) is 9.15. The second-order valence-corrected chi connectivity index (χ2v) is 15.4. The second-order valence-electron chi connectivity index (χ2n) is 4.31. The van der Waals surface area contributed by atoms with Crippen molar-refractivity contribution in [3.63, 3.8) is 0 Å². The van der Waals surface area contributed by atoms with E-state index in [1.807, 2.05) is 6.92 Å². The quantitative estimate of drug-likeness (QED) is 0.172. The topological polar surface area (TPSA) is 77.8 Å². The number of ether oxygens (including phenoxy) is 4. The van der Waals surface area contributed by atoms with Gasteiger partial charge < -0.3 is 18.9 Å². The Hall–Kier alpha value is 1.05. The van der Waals surface area contributed by atoms with E-state index in [0.29, 0.717) is 6.42 Å². The lowest BCUT2D eigenvalue weighted by Crippen LogP contribution is -2.50. The van der Waals surface area contributed by atoms with Gasteiger partial charge in [0, 0.05) is 20.5 Å². The monoisotopic (exact) mass is 623 g/mol. The summed E-state index contributed by atoms with van der Waals surface area (Å²) >= 11 is 6.25. The van der Waals surface area contributed by atoms with Crippen molar-refractivity contribution >= 4 is 79.6 Å². The Balaban J connectivity index is 2.79. The number of halogens is 3. The molecule has 1 aliphatic heterocycles. The summed E-state index contributed by atoms with van der Waals surface area (Å²) in [6.07, 6.45) is -1.26. The molecule has 4 atom stereocenters. The van der Waals surface area contributed by atoms with E-state index in [2.05, 4.69) is 67.8 Å². The first-order valence-electron chi connectivity index (χ1n) is 5.83. The third-order valence-electron chi connectivity index (χ3n) is 2.75. The zero-order valence-electron chi connectivity index (χ0n) is 11.2. The Morgan fingerprint density at radius 1 is 1.30 bits per heavy atom. The van der Waals surface area contributed by atoms with Gasteiger partial charge >= 0.3 is 5.97 Å². The number of rotatable bonds is 4. The van der Waals surface area contributed by atoms with Crippen molar-refractivity contribution in [3.05, 3.63) is 0 Å². The third kappa shape index (κ3) is 5.68. The summed E-state index contributed by atoms with van der Waals surface area (Å²) in [6, 6.07) is 0. The fraction of sp³-hybridized carbons (Fsp3) is 0.818. The Labute approximate surface area is 158 Å². The van der Waals surface area contributed by atoms with Gasteiger partial charge in [0.05, 0.1) is 12.2 Å². The van der Waals surface area contributed by atoms with Crippen LogP contribution in [0, 0.1) is 5.41 Å². The molecule has 1 fully saturated rings. The zero-order valence-corrected chi connectivity index (χ0v) is 17.7. The van der Waals surface area contributed by atoms with Gasteiger partial charge in [-0.2, -0.15) is 0 Å². The maximum Gasteiger partial charge on any atom is 0.303 e. The summed E-state index contributed by atoms with van der Waals surface area (Å²) in [5.41, 5.74) is 0. The minimum atomic E-state index is -0.786. The predicted molar refractivity (Wildman–Crippen MR) is 98.9 cm³/mol. The number of methoxy groups -OCH3 is 1. The number of hydrogen-bond donors (Lipinski definition) is 1. The van der Waals surface area contributed by atoms with Gasteiger partial charge in [-0.15, -0.1) is 0 Å². The van der Waals surface area contributed by atoms with Crippen molar-refractivity contribution in [2.24, 2.45) is 0 Å². The van der Waals surface area contributed by atoms with Crippen molar-refractivity contribution < 1.29 is 23.7 Å². The molecule has 1 rings (SSSR count). The second kappa shape index (κ2) is 8.06. The van der Waals surface area contributed by atoms with Gasteiger partial charge in [-0.25, -0.2) is 0 Å². The van der Waals surface area contributed by atoms with Crippen LogP contribution in [0.3, 0.4) is 0 Å². The van der Waals surface area contributed by atoms with Gasteiger partial charge in [0.1, 0.15) is 0 Å². The zero-order chi connectivity index (χ0) is 15.5.